The van der Waals surface area contributed by atoms with E-state index in [1.807, 2.05) is 42.4 Å². The highest BCUT2D eigenvalue weighted by Crippen LogP contribution is 2.23. The van der Waals surface area contributed by atoms with Crippen molar-refractivity contribution >= 4 is 6.03 Å². The molecule has 2 aromatic heterocycles. The maximum Gasteiger partial charge on any atom is 0.317 e. The fourth-order valence-corrected chi connectivity index (χ4v) is 3.46. The van der Waals surface area contributed by atoms with E-state index in [1.165, 1.54) is 0 Å². The molecule has 0 aliphatic carbocycles. The highest BCUT2D eigenvalue weighted by molar-refractivity contribution is 5.74. The van der Waals surface area contributed by atoms with Crippen LogP contribution in [0.15, 0.2) is 30.6 Å². The summed E-state index contributed by atoms with van der Waals surface area (Å²) < 4.78 is 2.23. The van der Waals surface area contributed by atoms with Crippen molar-refractivity contribution in [3.8, 4) is 0 Å². The third-order valence-electron chi connectivity index (χ3n) is 4.75. The summed E-state index contributed by atoms with van der Waals surface area (Å²) in [4.78, 5) is 23.3. The molecule has 0 spiro atoms. The van der Waals surface area contributed by atoms with E-state index >= 15 is 0 Å². The van der Waals surface area contributed by atoms with Crippen molar-refractivity contribution in [1.82, 2.24) is 24.8 Å². The Morgan fingerprint density at radius 2 is 2.28 bits per heavy atom. The molecule has 1 atom stereocenters. The summed E-state index contributed by atoms with van der Waals surface area (Å²) in [7, 11) is 0. The van der Waals surface area contributed by atoms with Crippen molar-refractivity contribution in [2.45, 2.75) is 45.6 Å². The van der Waals surface area contributed by atoms with Crippen LogP contribution in [0.3, 0.4) is 0 Å². The van der Waals surface area contributed by atoms with Crippen molar-refractivity contribution in [1.29, 1.82) is 0 Å². The molecule has 25 heavy (non-hydrogen) atoms. The average molecular weight is 341 g/mol. The topological polar surface area (TPSA) is 63.1 Å². The van der Waals surface area contributed by atoms with Gasteiger partial charge in [0.25, 0.3) is 0 Å². The molecule has 0 unspecified atom stereocenters. The Balaban J connectivity index is 1.52. The third kappa shape index (κ3) is 4.38. The molecule has 0 radical (unpaired) electrons. The Kier molecular flexibility index (Phi) is 5.68. The van der Waals surface area contributed by atoms with Gasteiger partial charge in [-0.05, 0) is 31.9 Å². The number of imidazole rings is 1. The number of aromatic nitrogens is 3. The van der Waals surface area contributed by atoms with Crippen LogP contribution in [-0.4, -0.2) is 45.1 Å². The van der Waals surface area contributed by atoms with Gasteiger partial charge in [-0.1, -0.05) is 13.0 Å². The van der Waals surface area contributed by atoms with Crippen LogP contribution in [0, 0.1) is 6.92 Å². The summed E-state index contributed by atoms with van der Waals surface area (Å²) >= 11 is 0. The third-order valence-corrected chi connectivity index (χ3v) is 4.75. The van der Waals surface area contributed by atoms with E-state index in [0.29, 0.717) is 12.6 Å². The van der Waals surface area contributed by atoms with Gasteiger partial charge in [-0.15, -0.1) is 0 Å². The quantitative estimate of drug-likeness (QED) is 0.909. The number of likely N-dealkylation sites (tertiary alicyclic amines) is 1. The van der Waals surface area contributed by atoms with E-state index in [1.54, 1.807) is 0 Å². The number of carbonyl (C=O) groups excluding carboxylic acids is 1. The van der Waals surface area contributed by atoms with Crippen LogP contribution < -0.4 is 5.32 Å². The Morgan fingerprint density at radius 3 is 3.08 bits per heavy atom. The second-order valence-corrected chi connectivity index (χ2v) is 6.60. The number of nitrogens with one attached hydrogen (secondary N) is 1. The van der Waals surface area contributed by atoms with Gasteiger partial charge in [-0.2, -0.15) is 0 Å². The minimum atomic E-state index is 0.0236. The van der Waals surface area contributed by atoms with Crippen molar-refractivity contribution < 1.29 is 4.79 Å². The zero-order valence-electron chi connectivity index (χ0n) is 15.1. The number of nitrogens with zero attached hydrogens (tertiary/aromatic N) is 4. The Labute approximate surface area is 149 Å². The monoisotopic (exact) mass is 341 g/mol. The summed E-state index contributed by atoms with van der Waals surface area (Å²) in [6.07, 6.45) is 7.69. The number of pyridine rings is 1. The fourth-order valence-electron chi connectivity index (χ4n) is 3.46. The van der Waals surface area contributed by atoms with Gasteiger partial charge in [0.2, 0.25) is 0 Å². The lowest BCUT2D eigenvalue weighted by Crippen LogP contribution is -2.46. The van der Waals surface area contributed by atoms with E-state index in [0.717, 1.165) is 56.0 Å². The standard InChI is InChI=1S/C19H27N5O/c1-3-18-20-11-13-24(18)17-8-5-12-23(14-17)19(25)21-10-9-16-7-4-6-15(2)22-16/h4,6-7,11,13,17H,3,5,8-10,12,14H2,1-2H3,(H,21,25)/t17-/m0/s1. The highest BCUT2D eigenvalue weighted by Gasteiger charge is 2.25. The first-order chi connectivity index (χ1) is 12.2. The zero-order chi connectivity index (χ0) is 17.6. The molecule has 3 heterocycles. The molecule has 1 aliphatic rings. The van der Waals surface area contributed by atoms with Gasteiger partial charge in [-0.3, -0.25) is 4.98 Å². The van der Waals surface area contributed by atoms with E-state index in [-0.39, 0.29) is 6.03 Å². The number of hydrogen-bond acceptors (Lipinski definition) is 3. The molecule has 3 rings (SSSR count). The van der Waals surface area contributed by atoms with Gasteiger partial charge < -0.3 is 14.8 Å². The van der Waals surface area contributed by atoms with Crippen molar-refractivity contribution in [2.24, 2.45) is 0 Å². The molecule has 1 fully saturated rings. The number of hydrogen-bond donors (Lipinski definition) is 1. The van der Waals surface area contributed by atoms with E-state index in [4.69, 9.17) is 0 Å². The lowest BCUT2D eigenvalue weighted by molar-refractivity contribution is 0.166. The van der Waals surface area contributed by atoms with Gasteiger partial charge >= 0.3 is 6.03 Å². The summed E-state index contributed by atoms with van der Waals surface area (Å²) in [5, 5.41) is 3.04. The van der Waals surface area contributed by atoms with Crippen LogP contribution in [-0.2, 0) is 12.8 Å². The number of carbonyl (C=O) groups is 1. The van der Waals surface area contributed by atoms with E-state index in [9.17, 15) is 4.79 Å². The van der Waals surface area contributed by atoms with Gasteiger partial charge in [0, 0.05) is 56.3 Å². The number of amides is 2. The number of piperidine rings is 1. The zero-order valence-corrected chi connectivity index (χ0v) is 15.1. The maximum atomic E-state index is 12.5. The van der Waals surface area contributed by atoms with Crippen LogP contribution in [0.2, 0.25) is 0 Å². The first-order valence-corrected chi connectivity index (χ1v) is 9.14. The van der Waals surface area contributed by atoms with Crippen LogP contribution in [0.4, 0.5) is 4.79 Å². The summed E-state index contributed by atoms with van der Waals surface area (Å²) in [6.45, 7) is 6.28. The largest absolute Gasteiger partial charge is 0.338 e. The van der Waals surface area contributed by atoms with Crippen LogP contribution >= 0.6 is 0 Å². The summed E-state index contributed by atoms with van der Waals surface area (Å²) in [6, 6.07) is 6.34. The predicted octanol–water partition coefficient (Wildman–Crippen LogP) is 2.74. The molecule has 0 bridgehead atoms. The predicted molar refractivity (Wildman–Crippen MR) is 97.5 cm³/mol. The van der Waals surface area contributed by atoms with Crippen LogP contribution in [0.25, 0.3) is 0 Å². The van der Waals surface area contributed by atoms with E-state index in [2.05, 4.69) is 26.8 Å². The van der Waals surface area contributed by atoms with Crippen molar-refractivity contribution in [2.75, 3.05) is 19.6 Å². The van der Waals surface area contributed by atoms with Gasteiger partial charge in [0.15, 0.2) is 0 Å². The lowest BCUT2D eigenvalue weighted by atomic mass is 10.1. The molecule has 2 aromatic rings. The Hall–Kier alpha value is -2.37. The number of aryl methyl sites for hydroxylation is 2. The molecule has 0 saturated carbocycles. The average Bonchev–Trinajstić information content (AvgIpc) is 3.10. The molecule has 2 amide bonds. The minimum Gasteiger partial charge on any atom is -0.338 e. The van der Waals surface area contributed by atoms with Crippen LogP contribution in [0.1, 0.15) is 43.0 Å². The molecule has 1 N–H and O–H groups in total. The minimum absolute atomic E-state index is 0.0236. The SMILES string of the molecule is CCc1nccn1[C@H]1CCCN(C(=O)NCCc2cccc(C)n2)C1. The molecular formula is C19H27N5O. The number of rotatable bonds is 5. The second kappa shape index (κ2) is 8.14. The van der Waals surface area contributed by atoms with Gasteiger partial charge in [0.05, 0.1) is 6.04 Å². The molecular weight excluding hydrogens is 314 g/mol. The summed E-state index contributed by atoms with van der Waals surface area (Å²) in [5.74, 6) is 1.10. The maximum absolute atomic E-state index is 12.5. The van der Waals surface area contributed by atoms with Crippen molar-refractivity contribution in [3.63, 3.8) is 0 Å². The van der Waals surface area contributed by atoms with Crippen LogP contribution in [0.5, 0.6) is 0 Å². The fraction of sp³-hybridized carbons (Fsp3) is 0.526. The van der Waals surface area contributed by atoms with Gasteiger partial charge in [-0.25, -0.2) is 9.78 Å². The first kappa shape index (κ1) is 17.5. The normalized spacial score (nSPS) is 17.5. The smallest absolute Gasteiger partial charge is 0.317 e. The Morgan fingerprint density at radius 1 is 1.40 bits per heavy atom. The summed E-state index contributed by atoms with van der Waals surface area (Å²) in [5.41, 5.74) is 2.03. The second-order valence-electron chi connectivity index (χ2n) is 6.60. The number of urea groups is 1. The highest BCUT2D eigenvalue weighted by atomic mass is 16.2. The Bertz CT molecular complexity index is 711. The molecule has 6 heteroatoms. The first-order valence-electron chi connectivity index (χ1n) is 9.14. The van der Waals surface area contributed by atoms with Crippen molar-refractivity contribution in [3.05, 3.63) is 47.8 Å². The molecule has 134 valence electrons. The lowest BCUT2D eigenvalue weighted by Gasteiger charge is -2.34. The van der Waals surface area contributed by atoms with Gasteiger partial charge in [0.1, 0.15) is 5.82 Å². The molecule has 1 saturated heterocycles. The molecule has 0 aromatic carbocycles. The molecule has 1 aliphatic heterocycles. The van der Waals surface area contributed by atoms with E-state index < -0.39 is 0 Å². The molecule has 6 nitrogen and oxygen atoms in total.